The van der Waals surface area contributed by atoms with Crippen LogP contribution in [0.5, 0.6) is 0 Å². The molecule has 2 nitrogen and oxygen atoms in total. The van der Waals surface area contributed by atoms with Crippen LogP contribution in [-0.2, 0) is 0 Å². The van der Waals surface area contributed by atoms with Gasteiger partial charge >= 0.3 is 80.8 Å². The fraction of sp³-hybridized carbons (Fsp3) is 0. The quantitative estimate of drug-likeness (QED) is 0.715. The normalized spacial score (nSPS) is 10.1. The van der Waals surface area contributed by atoms with Crippen LogP contribution in [0, 0.1) is 0 Å². The molecule has 0 unspecified atom stereocenters. The first-order valence-corrected chi connectivity index (χ1v) is 5.61. The molecule has 0 atom stereocenters. The van der Waals surface area contributed by atoms with Gasteiger partial charge in [-0.15, -0.1) is 0 Å². The minimum atomic E-state index is 0.299. The van der Waals surface area contributed by atoms with Crippen molar-refractivity contribution in [1.29, 1.82) is 0 Å². The predicted octanol–water partition coefficient (Wildman–Crippen LogP) is 1.85. The molecular formula is C8H5ClN2Se. The average molecular weight is 244 g/mol. The summed E-state index contributed by atoms with van der Waals surface area (Å²) in [5.74, 6) is 0. The van der Waals surface area contributed by atoms with Gasteiger partial charge in [-0.1, -0.05) is 0 Å². The molecular weight excluding hydrogens is 239 g/mol. The zero-order valence-electron chi connectivity index (χ0n) is 6.07. The van der Waals surface area contributed by atoms with Gasteiger partial charge in [-0.05, 0) is 0 Å². The van der Waals surface area contributed by atoms with E-state index in [-0.39, 0.29) is 0 Å². The summed E-state index contributed by atoms with van der Waals surface area (Å²) in [4.78, 5) is 0. The molecule has 1 heterocycles. The van der Waals surface area contributed by atoms with Gasteiger partial charge in [0.2, 0.25) is 0 Å². The van der Waals surface area contributed by atoms with Crippen LogP contribution in [0.4, 0.5) is 0 Å². The summed E-state index contributed by atoms with van der Waals surface area (Å²) in [5.41, 5.74) is 1.12. The van der Waals surface area contributed by atoms with Gasteiger partial charge in [0, 0.05) is 0 Å². The van der Waals surface area contributed by atoms with Crippen LogP contribution in [0.2, 0.25) is 5.02 Å². The minimum absolute atomic E-state index is 0.299. The molecule has 2 aromatic rings. The van der Waals surface area contributed by atoms with Crippen LogP contribution in [0.15, 0.2) is 29.3 Å². The maximum absolute atomic E-state index is 5.75. The molecule has 12 heavy (non-hydrogen) atoms. The summed E-state index contributed by atoms with van der Waals surface area (Å²) in [6.45, 7) is 0. The van der Waals surface area contributed by atoms with Crippen LogP contribution >= 0.6 is 11.6 Å². The van der Waals surface area contributed by atoms with E-state index in [1.54, 1.807) is 0 Å². The van der Waals surface area contributed by atoms with Gasteiger partial charge in [0.05, 0.1) is 0 Å². The third-order valence-electron chi connectivity index (χ3n) is 1.45. The summed E-state index contributed by atoms with van der Waals surface area (Å²) in [5, 5.41) is 10.4. The van der Waals surface area contributed by atoms with Gasteiger partial charge in [-0.3, -0.25) is 0 Å². The third-order valence-corrected chi connectivity index (χ3v) is 3.26. The summed E-state index contributed by atoms with van der Waals surface area (Å²) in [6.07, 6.45) is 0. The van der Waals surface area contributed by atoms with E-state index in [2.05, 4.69) is 10.2 Å². The molecule has 0 saturated carbocycles. The second-order valence-electron chi connectivity index (χ2n) is 2.25. The van der Waals surface area contributed by atoms with Gasteiger partial charge in [-0.2, -0.15) is 0 Å². The first-order chi connectivity index (χ1) is 5.86. The molecule has 4 heteroatoms. The fourth-order valence-corrected chi connectivity index (χ4v) is 2.19. The number of nitrogens with zero attached hydrogens (tertiary/aromatic N) is 2. The zero-order valence-corrected chi connectivity index (χ0v) is 8.54. The number of aromatic nitrogens is 2. The Labute approximate surface area is 81.0 Å². The van der Waals surface area contributed by atoms with Crippen LogP contribution in [0.1, 0.15) is 0 Å². The molecule has 0 aliphatic heterocycles. The van der Waals surface area contributed by atoms with E-state index in [1.165, 1.54) is 0 Å². The van der Waals surface area contributed by atoms with Crippen LogP contribution in [0.25, 0.3) is 10.1 Å². The van der Waals surface area contributed by atoms with E-state index in [4.69, 9.17) is 11.6 Å². The SMILES string of the molecule is Clc1ccc(-c2nnc[se]2)cc1. The van der Waals surface area contributed by atoms with Crippen molar-refractivity contribution in [2.75, 3.05) is 0 Å². The molecule has 0 N–H and O–H groups in total. The van der Waals surface area contributed by atoms with Crippen molar-refractivity contribution in [3.05, 3.63) is 34.4 Å². The van der Waals surface area contributed by atoms with E-state index in [0.29, 0.717) is 14.5 Å². The summed E-state index contributed by atoms with van der Waals surface area (Å²) in [6, 6.07) is 7.68. The topological polar surface area (TPSA) is 25.8 Å². The van der Waals surface area contributed by atoms with Crippen molar-refractivity contribution in [1.82, 2.24) is 10.2 Å². The Hall–Kier alpha value is -0.631. The van der Waals surface area contributed by atoms with E-state index in [0.717, 1.165) is 15.2 Å². The molecule has 2 rings (SSSR count). The van der Waals surface area contributed by atoms with Crippen molar-refractivity contribution in [2.45, 2.75) is 0 Å². The standard InChI is InChI=1S/C8H5ClN2Se/c9-7-3-1-6(2-4-7)8-11-10-5-12-8/h1-5H. The Morgan fingerprint density at radius 3 is 2.50 bits per heavy atom. The Kier molecular flexibility index (Phi) is 2.26. The van der Waals surface area contributed by atoms with E-state index >= 15 is 0 Å². The summed E-state index contributed by atoms with van der Waals surface area (Å²) in [7, 11) is 0. The van der Waals surface area contributed by atoms with E-state index < -0.39 is 0 Å². The van der Waals surface area contributed by atoms with Crippen molar-refractivity contribution >= 4 is 26.1 Å². The number of hydrogen-bond donors (Lipinski definition) is 0. The molecule has 0 aliphatic carbocycles. The molecule has 0 fully saturated rings. The zero-order chi connectivity index (χ0) is 8.39. The summed E-state index contributed by atoms with van der Waals surface area (Å²) < 4.78 is 1.07. The Morgan fingerprint density at radius 2 is 1.92 bits per heavy atom. The van der Waals surface area contributed by atoms with Crippen molar-refractivity contribution < 1.29 is 0 Å². The van der Waals surface area contributed by atoms with E-state index in [1.807, 2.05) is 29.3 Å². The molecule has 0 amide bonds. The van der Waals surface area contributed by atoms with Gasteiger partial charge in [0.25, 0.3) is 0 Å². The van der Waals surface area contributed by atoms with Gasteiger partial charge in [0.15, 0.2) is 0 Å². The molecule has 1 aromatic heterocycles. The molecule has 0 aliphatic rings. The van der Waals surface area contributed by atoms with Crippen molar-refractivity contribution in [2.24, 2.45) is 0 Å². The van der Waals surface area contributed by atoms with E-state index in [9.17, 15) is 0 Å². The fourth-order valence-electron chi connectivity index (χ4n) is 0.891. The molecule has 60 valence electrons. The Balaban J connectivity index is 2.43. The second kappa shape index (κ2) is 3.40. The predicted molar refractivity (Wildman–Crippen MR) is 49.4 cm³/mol. The first kappa shape index (κ1) is 7.99. The van der Waals surface area contributed by atoms with Gasteiger partial charge in [0.1, 0.15) is 0 Å². The van der Waals surface area contributed by atoms with Crippen LogP contribution in [-0.4, -0.2) is 24.7 Å². The average Bonchev–Trinajstić information content (AvgIpc) is 2.58. The molecule has 0 spiro atoms. The molecule has 1 aromatic carbocycles. The Bertz CT molecular complexity index is 355. The van der Waals surface area contributed by atoms with Crippen molar-refractivity contribution in [3.63, 3.8) is 0 Å². The van der Waals surface area contributed by atoms with Crippen LogP contribution < -0.4 is 0 Å². The first-order valence-electron chi connectivity index (χ1n) is 3.38. The maximum atomic E-state index is 5.75. The second-order valence-corrected chi connectivity index (χ2v) is 4.44. The van der Waals surface area contributed by atoms with Gasteiger partial charge < -0.3 is 0 Å². The number of rotatable bonds is 1. The van der Waals surface area contributed by atoms with Gasteiger partial charge in [-0.25, -0.2) is 0 Å². The Morgan fingerprint density at radius 1 is 1.17 bits per heavy atom. The monoisotopic (exact) mass is 244 g/mol. The van der Waals surface area contributed by atoms with Crippen molar-refractivity contribution in [3.8, 4) is 10.1 Å². The molecule has 0 saturated heterocycles. The number of hydrogen-bond acceptors (Lipinski definition) is 2. The number of benzene rings is 1. The number of halogens is 1. The third kappa shape index (κ3) is 1.58. The van der Waals surface area contributed by atoms with Crippen LogP contribution in [0.3, 0.4) is 0 Å². The summed E-state index contributed by atoms with van der Waals surface area (Å²) >= 11 is 6.05. The molecule has 0 radical (unpaired) electrons. The molecule has 0 bridgehead atoms.